The molecule has 0 fully saturated rings. The molecule has 0 atom stereocenters. The predicted octanol–water partition coefficient (Wildman–Crippen LogP) is 5.77. The number of anilines is 1. The van der Waals surface area contributed by atoms with Crippen molar-refractivity contribution in [3.05, 3.63) is 88.2 Å². The summed E-state index contributed by atoms with van der Waals surface area (Å²) in [6.07, 6.45) is 3.54. The molecule has 0 N–H and O–H groups in total. The SMILES string of the molecule is Cc1ccc(C)c(C(=O)N(Cc2cccnc2)c2nc3cc(C)c(C)cc3s2)c1. The third kappa shape index (κ3) is 3.91. The van der Waals surface area contributed by atoms with Gasteiger partial charge in [0.25, 0.3) is 5.91 Å². The average Bonchev–Trinajstić information content (AvgIpc) is 3.11. The van der Waals surface area contributed by atoms with Crippen LogP contribution in [0, 0.1) is 27.7 Å². The highest BCUT2D eigenvalue weighted by molar-refractivity contribution is 7.22. The molecule has 0 saturated carbocycles. The summed E-state index contributed by atoms with van der Waals surface area (Å²) in [5.74, 6) is -0.0393. The highest BCUT2D eigenvalue weighted by Gasteiger charge is 2.23. The fourth-order valence-electron chi connectivity index (χ4n) is 3.30. The van der Waals surface area contributed by atoms with Crippen molar-refractivity contribution < 1.29 is 4.79 Å². The Bertz CT molecular complexity index is 1160. The van der Waals surface area contributed by atoms with Gasteiger partial charge in [0, 0.05) is 18.0 Å². The molecule has 2 heterocycles. The number of benzene rings is 2. The minimum Gasteiger partial charge on any atom is -0.279 e. The van der Waals surface area contributed by atoms with Crippen LogP contribution in [0.15, 0.2) is 54.9 Å². The van der Waals surface area contributed by atoms with E-state index in [1.165, 1.54) is 11.1 Å². The Balaban J connectivity index is 1.82. The molecule has 0 aliphatic heterocycles. The Hall–Kier alpha value is -3.05. The van der Waals surface area contributed by atoms with E-state index < -0.39 is 0 Å². The van der Waals surface area contributed by atoms with Crippen molar-refractivity contribution in [1.82, 2.24) is 9.97 Å². The van der Waals surface area contributed by atoms with Gasteiger partial charge in [0.15, 0.2) is 5.13 Å². The van der Waals surface area contributed by atoms with E-state index in [-0.39, 0.29) is 5.91 Å². The molecule has 0 saturated heterocycles. The van der Waals surface area contributed by atoms with Crippen LogP contribution in [0.1, 0.15) is 38.2 Å². The van der Waals surface area contributed by atoms with Crippen molar-refractivity contribution in [1.29, 1.82) is 0 Å². The fraction of sp³-hybridized carbons (Fsp3) is 0.208. The number of nitrogens with zero attached hydrogens (tertiary/aromatic N) is 3. The van der Waals surface area contributed by atoms with E-state index in [0.717, 1.165) is 26.9 Å². The summed E-state index contributed by atoms with van der Waals surface area (Å²) >= 11 is 1.55. The predicted molar refractivity (Wildman–Crippen MR) is 120 cm³/mol. The smallest absolute Gasteiger partial charge is 0.260 e. The van der Waals surface area contributed by atoms with Gasteiger partial charge in [-0.2, -0.15) is 0 Å². The molecule has 146 valence electrons. The Morgan fingerprint density at radius 3 is 2.55 bits per heavy atom. The lowest BCUT2D eigenvalue weighted by atomic mass is 10.0. The Kier molecular flexibility index (Phi) is 5.16. The molecule has 4 rings (SSSR count). The van der Waals surface area contributed by atoms with E-state index in [9.17, 15) is 4.79 Å². The molecule has 1 amide bonds. The maximum atomic E-state index is 13.6. The number of carbonyl (C=O) groups excluding carboxylic acids is 1. The largest absolute Gasteiger partial charge is 0.279 e. The highest BCUT2D eigenvalue weighted by atomic mass is 32.1. The third-order valence-corrected chi connectivity index (χ3v) is 6.20. The molecule has 4 nitrogen and oxygen atoms in total. The standard InChI is InChI=1S/C24H23N3OS/c1-15-7-8-16(2)20(10-15)23(28)27(14-19-6-5-9-25-13-19)24-26-21-11-17(3)18(4)12-22(21)29-24/h5-13H,14H2,1-4H3. The second-order valence-corrected chi connectivity index (χ2v) is 8.48. The summed E-state index contributed by atoms with van der Waals surface area (Å²) in [5.41, 5.74) is 7.07. The monoisotopic (exact) mass is 401 g/mol. The van der Waals surface area contributed by atoms with Crippen LogP contribution in [0.3, 0.4) is 0 Å². The van der Waals surface area contributed by atoms with Gasteiger partial charge in [-0.1, -0.05) is 35.1 Å². The summed E-state index contributed by atoms with van der Waals surface area (Å²) in [4.78, 5) is 24.4. The van der Waals surface area contributed by atoms with Crippen LogP contribution in [0.25, 0.3) is 10.2 Å². The van der Waals surface area contributed by atoms with Gasteiger partial charge < -0.3 is 0 Å². The minimum absolute atomic E-state index is 0.0393. The summed E-state index contributed by atoms with van der Waals surface area (Å²) in [6.45, 7) is 8.59. The van der Waals surface area contributed by atoms with Gasteiger partial charge in [-0.05, 0) is 74.2 Å². The number of thiazole rings is 1. The molecular formula is C24H23N3OS. The Morgan fingerprint density at radius 1 is 1.00 bits per heavy atom. The molecular weight excluding hydrogens is 378 g/mol. The number of hydrogen-bond donors (Lipinski definition) is 0. The summed E-state index contributed by atoms with van der Waals surface area (Å²) in [6, 6.07) is 14.1. The molecule has 0 bridgehead atoms. The van der Waals surface area contributed by atoms with E-state index >= 15 is 0 Å². The zero-order valence-corrected chi connectivity index (χ0v) is 17.9. The minimum atomic E-state index is -0.0393. The molecule has 0 aliphatic carbocycles. The summed E-state index contributed by atoms with van der Waals surface area (Å²) < 4.78 is 1.09. The van der Waals surface area contributed by atoms with E-state index in [2.05, 4.69) is 31.0 Å². The van der Waals surface area contributed by atoms with Crippen molar-refractivity contribution in [2.45, 2.75) is 34.2 Å². The van der Waals surface area contributed by atoms with Crippen molar-refractivity contribution in [3.8, 4) is 0 Å². The second kappa shape index (κ2) is 7.76. The average molecular weight is 402 g/mol. The van der Waals surface area contributed by atoms with E-state index in [0.29, 0.717) is 17.2 Å². The topological polar surface area (TPSA) is 46.1 Å². The highest BCUT2D eigenvalue weighted by Crippen LogP contribution is 2.32. The number of amides is 1. The van der Waals surface area contributed by atoms with Crippen LogP contribution in [-0.2, 0) is 6.54 Å². The zero-order valence-electron chi connectivity index (χ0n) is 17.1. The van der Waals surface area contributed by atoms with Gasteiger partial charge in [-0.3, -0.25) is 14.7 Å². The summed E-state index contributed by atoms with van der Waals surface area (Å²) in [7, 11) is 0. The third-order valence-electron chi connectivity index (χ3n) is 5.16. The second-order valence-electron chi connectivity index (χ2n) is 7.47. The molecule has 0 spiro atoms. The molecule has 2 aromatic heterocycles. The van der Waals surface area contributed by atoms with Gasteiger partial charge in [-0.15, -0.1) is 0 Å². The molecule has 4 aromatic rings. The quantitative estimate of drug-likeness (QED) is 0.436. The molecule has 29 heavy (non-hydrogen) atoms. The van der Waals surface area contributed by atoms with E-state index in [1.807, 2.05) is 44.2 Å². The van der Waals surface area contributed by atoms with Crippen molar-refractivity contribution in [2.75, 3.05) is 4.90 Å². The van der Waals surface area contributed by atoms with Gasteiger partial charge in [0.1, 0.15) is 0 Å². The zero-order chi connectivity index (χ0) is 20.5. The number of aromatic nitrogens is 2. The molecule has 0 aliphatic rings. The van der Waals surface area contributed by atoms with Gasteiger partial charge in [0.05, 0.1) is 16.8 Å². The molecule has 5 heteroatoms. The first-order valence-electron chi connectivity index (χ1n) is 9.58. The fourth-order valence-corrected chi connectivity index (χ4v) is 4.34. The number of rotatable bonds is 4. The normalized spacial score (nSPS) is 11.0. The first-order chi connectivity index (χ1) is 13.9. The number of fused-ring (bicyclic) bond motifs is 1. The summed E-state index contributed by atoms with van der Waals surface area (Å²) in [5, 5.41) is 0.708. The lowest BCUT2D eigenvalue weighted by molar-refractivity contribution is 0.0984. The van der Waals surface area contributed by atoms with Crippen LogP contribution in [0.5, 0.6) is 0 Å². The maximum absolute atomic E-state index is 13.6. The van der Waals surface area contributed by atoms with Crippen LogP contribution < -0.4 is 4.90 Å². The number of hydrogen-bond acceptors (Lipinski definition) is 4. The molecule has 0 unspecified atom stereocenters. The maximum Gasteiger partial charge on any atom is 0.260 e. The first-order valence-corrected chi connectivity index (χ1v) is 10.4. The Morgan fingerprint density at radius 2 is 1.79 bits per heavy atom. The van der Waals surface area contributed by atoms with Crippen molar-refractivity contribution >= 4 is 32.6 Å². The van der Waals surface area contributed by atoms with Crippen LogP contribution in [0.2, 0.25) is 0 Å². The molecule has 2 aromatic carbocycles. The number of pyridine rings is 1. The first kappa shape index (κ1) is 19.3. The lowest BCUT2D eigenvalue weighted by Crippen LogP contribution is -2.31. The molecule has 0 radical (unpaired) electrons. The van der Waals surface area contributed by atoms with Crippen molar-refractivity contribution in [2.24, 2.45) is 0 Å². The van der Waals surface area contributed by atoms with Crippen LogP contribution in [-0.4, -0.2) is 15.9 Å². The Labute approximate surface area is 174 Å². The van der Waals surface area contributed by atoms with E-state index in [4.69, 9.17) is 4.98 Å². The van der Waals surface area contributed by atoms with Gasteiger partial charge >= 0.3 is 0 Å². The van der Waals surface area contributed by atoms with Crippen LogP contribution in [0.4, 0.5) is 5.13 Å². The van der Waals surface area contributed by atoms with Crippen LogP contribution >= 0.6 is 11.3 Å². The van der Waals surface area contributed by atoms with E-state index in [1.54, 1.807) is 28.6 Å². The number of carbonyl (C=O) groups is 1. The van der Waals surface area contributed by atoms with Gasteiger partial charge in [-0.25, -0.2) is 4.98 Å². The number of aryl methyl sites for hydroxylation is 4. The van der Waals surface area contributed by atoms with Gasteiger partial charge in [0.2, 0.25) is 0 Å². The van der Waals surface area contributed by atoms with Crippen molar-refractivity contribution in [3.63, 3.8) is 0 Å². The lowest BCUT2D eigenvalue weighted by Gasteiger charge is -2.21.